The molecule has 1 rings (SSSR count). The van der Waals surface area contributed by atoms with Crippen LogP contribution in [0.25, 0.3) is 0 Å². The van der Waals surface area contributed by atoms with Gasteiger partial charge in [0.1, 0.15) is 0 Å². The highest BCUT2D eigenvalue weighted by molar-refractivity contribution is 7.98. The smallest absolute Gasteiger partial charge is 0.262 e. The van der Waals surface area contributed by atoms with E-state index in [1.807, 2.05) is 6.26 Å². The van der Waals surface area contributed by atoms with Crippen LogP contribution in [-0.4, -0.2) is 33.2 Å². The number of nitrogens with one attached hydrogen (secondary N) is 1. The minimum Gasteiger partial charge on any atom is -0.348 e. The Balaban J connectivity index is 2.58. The van der Waals surface area contributed by atoms with Gasteiger partial charge in [-0.3, -0.25) is 0 Å². The van der Waals surface area contributed by atoms with Crippen molar-refractivity contribution in [3.05, 3.63) is 12.7 Å². The standard InChI is InChI=1S/C6H9N5S/c1-3-4-7-5-8-10-6(12-2)11-9-5/h3H,1,4H2,2H3,(H,7,8,9). The van der Waals surface area contributed by atoms with Gasteiger partial charge in [0.15, 0.2) is 0 Å². The van der Waals surface area contributed by atoms with E-state index >= 15 is 0 Å². The number of anilines is 1. The fraction of sp³-hybridized carbons (Fsp3) is 0.333. The summed E-state index contributed by atoms with van der Waals surface area (Å²) in [6.45, 7) is 4.16. The van der Waals surface area contributed by atoms with Crippen molar-refractivity contribution in [1.82, 2.24) is 20.4 Å². The van der Waals surface area contributed by atoms with E-state index in [4.69, 9.17) is 0 Å². The van der Waals surface area contributed by atoms with Gasteiger partial charge in [0.2, 0.25) is 5.16 Å². The fourth-order valence-corrected chi connectivity index (χ4v) is 0.781. The molecular formula is C6H9N5S. The molecule has 0 radical (unpaired) electrons. The molecule has 0 spiro atoms. The van der Waals surface area contributed by atoms with Crippen LogP contribution >= 0.6 is 11.8 Å². The number of hydrogen-bond donors (Lipinski definition) is 1. The summed E-state index contributed by atoms with van der Waals surface area (Å²) in [5, 5.41) is 18.6. The Morgan fingerprint density at radius 1 is 1.42 bits per heavy atom. The molecule has 1 heterocycles. The summed E-state index contributed by atoms with van der Waals surface area (Å²) < 4.78 is 0. The van der Waals surface area contributed by atoms with Crippen LogP contribution in [0.5, 0.6) is 0 Å². The predicted octanol–water partition coefficient (Wildman–Crippen LogP) is 0.586. The summed E-state index contributed by atoms with van der Waals surface area (Å²) in [5.74, 6) is 0.424. The summed E-state index contributed by atoms with van der Waals surface area (Å²) in [7, 11) is 0. The van der Waals surface area contributed by atoms with Gasteiger partial charge in [-0.25, -0.2) is 0 Å². The van der Waals surface area contributed by atoms with E-state index < -0.39 is 0 Å². The van der Waals surface area contributed by atoms with E-state index in [0.29, 0.717) is 17.6 Å². The molecule has 0 fully saturated rings. The van der Waals surface area contributed by atoms with Crippen molar-refractivity contribution >= 4 is 17.7 Å². The highest BCUT2D eigenvalue weighted by Crippen LogP contribution is 2.03. The molecule has 1 N–H and O–H groups in total. The van der Waals surface area contributed by atoms with E-state index in [1.165, 1.54) is 11.8 Å². The SMILES string of the molecule is C=CCNc1nnc(SC)nn1. The first-order chi connectivity index (χ1) is 5.86. The van der Waals surface area contributed by atoms with Crippen molar-refractivity contribution < 1.29 is 0 Å². The van der Waals surface area contributed by atoms with Crippen LogP contribution in [0.4, 0.5) is 5.95 Å². The molecule has 6 heteroatoms. The summed E-state index contributed by atoms with van der Waals surface area (Å²) in [5.41, 5.74) is 0. The largest absolute Gasteiger partial charge is 0.348 e. The zero-order chi connectivity index (χ0) is 8.81. The monoisotopic (exact) mass is 183 g/mol. The molecule has 0 bridgehead atoms. The van der Waals surface area contributed by atoms with Gasteiger partial charge in [-0.2, -0.15) is 0 Å². The van der Waals surface area contributed by atoms with Crippen molar-refractivity contribution in [2.24, 2.45) is 0 Å². The Labute approximate surface area is 74.7 Å². The Kier molecular flexibility index (Phi) is 3.46. The highest BCUT2D eigenvalue weighted by Gasteiger charge is 1.96. The third-order valence-electron chi connectivity index (χ3n) is 1.05. The van der Waals surface area contributed by atoms with Gasteiger partial charge in [-0.05, 0) is 6.26 Å². The predicted molar refractivity (Wildman–Crippen MR) is 48.1 cm³/mol. The van der Waals surface area contributed by atoms with Crippen LogP contribution in [0.1, 0.15) is 0 Å². The lowest BCUT2D eigenvalue weighted by atomic mass is 10.6. The van der Waals surface area contributed by atoms with Crippen LogP contribution in [0, 0.1) is 0 Å². The Hall–Kier alpha value is -1.17. The topological polar surface area (TPSA) is 63.6 Å². The van der Waals surface area contributed by atoms with Crippen molar-refractivity contribution in [3.63, 3.8) is 0 Å². The van der Waals surface area contributed by atoms with Crippen molar-refractivity contribution in [3.8, 4) is 0 Å². The quantitative estimate of drug-likeness (QED) is 0.544. The molecule has 0 unspecified atom stereocenters. The third-order valence-corrected chi connectivity index (χ3v) is 1.58. The maximum Gasteiger partial charge on any atom is 0.262 e. The maximum absolute atomic E-state index is 3.79. The second kappa shape index (κ2) is 4.66. The molecule has 0 amide bonds. The van der Waals surface area contributed by atoms with Crippen LogP contribution in [0.2, 0.25) is 0 Å². The maximum atomic E-state index is 3.79. The summed E-state index contributed by atoms with van der Waals surface area (Å²) in [6, 6.07) is 0. The average molecular weight is 183 g/mol. The van der Waals surface area contributed by atoms with E-state index in [9.17, 15) is 0 Å². The van der Waals surface area contributed by atoms with Crippen LogP contribution < -0.4 is 5.32 Å². The number of aromatic nitrogens is 4. The molecule has 0 saturated carbocycles. The molecule has 0 aromatic carbocycles. The van der Waals surface area contributed by atoms with Crippen molar-refractivity contribution in [1.29, 1.82) is 0 Å². The van der Waals surface area contributed by atoms with Gasteiger partial charge >= 0.3 is 0 Å². The summed E-state index contributed by atoms with van der Waals surface area (Å²) in [6.07, 6.45) is 3.58. The average Bonchev–Trinajstić information content (AvgIpc) is 2.15. The minimum absolute atomic E-state index is 0.424. The third kappa shape index (κ3) is 2.46. The Morgan fingerprint density at radius 3 is 2.58 bits per heavy atom. The number of nitrogens with zero attached hydrogens (tertiary/aromatic N) is 4. The van der Waals surface area contributed by atoms with E-state index in [1.54, 1.807) is 6.08 Å². The first-order valence-electron chi connectivity index (χ1n) is 3.33. The molecule has 0 atom stereocenters. The van der Waals surface area contributed by atoms with Gasteiger partial charge in [0, 0.05) is 6.54 Å². The molecule has 0 saturated heterocycles. The van der Waals surface area contributed by atoms with Crippen LogP contribution in [0.15, 0.2) is 17.8 Å². The van der Waals surface area contributed by atoms with Crippen LogP contribution in [-0.2, 0) is 0 Å². The first-order valence-corrected chi connectivity index (χ1v) is 4.55. The molecule has 12 heavy (non-hydrogen) atoms. The summed E-state index contributed by atoms with van der Waals surface area (Å²) >= 11 is 1.41. The molecule has 1 aromatic heterocycles. The molecule has 5 nitrogen and oxygen atoms in total. The van der Waals surface area contributed by atoms with Crippen molar-refractivity contribution in [2.75, 3.05) is 18.1 Å². The normalized spacial score (nSPS) is 9.42. The highest BCUT2D eigenvalue weighted by atomic mass is 32.2. The lowest BCUT2D eigenvalue weighted by Gasteiger charge is -1.97. The van der Waals surface area contributed by atoms with Crippen molar-refractivity contribution in [2.45, 2.75) is 5.16 Å². The minimum atomic E-state index is 0.424. The van der Waals surface area contributed by atoms with Crippen LogP contribution in [0.3, 0.4) is 0 Å². The second-order valence-corrected chi connectivity index (χ2v) is 2.65. The lowest BCUT2D eigenvalue weighted by Crippen LogP contribution is -2.06. The zero-order valence-electron chi connectivity index (χ0n) is 6.69. The van der Waals surface area contributed by atoms with Gasteiger partial charge in [-0.15, -0.1) is 27.0 Å². The van der Waals surface area contributed by atoms with Gasteiger partial charge in [0.25, 0.3) is 5.95 Å². The number of rotatable bonds is 4. The molecule has 1 aromatic rings. The fourth-order valence-electron chi connectivity index (χ4n) is 0.536. The van der Waals surface area contributed by atoms with E-state index in [-0.39, 0.29) is 0 Å². The molecule has 64 valence electrons. The first kappa shape index (κ1) is 8.92. The summed E-state index contributed by atoms with van der Waals surface area (Å²) in [4.78, 5) is 0. The lowest BCUT2D eigenvalue weighted by molar-refractivity contribution is 0.752. The van der Waals surface area contributed by atoms with Gasteiger partial charge in [-0.1, -0.05) is 17.8 Å². The van der Waals surface area contributed by atoms with E-state index in [0.717, 1.165) is 0 Å². The van der Waals surface area contributed by atoms with E-state index in [2.05, 4.69) is 32.3 Å². The zero-order valence-corrected chi connectivity index (χ0v) is 7.51. The Bertz CT molecular complexity index is 247. The van der Waals surface area contributed by atoms with Gasteiger partial charge < -0.3 is 5.32 Å². The Morgan fingerprint density at radius 2 is 2.08 bits per heavy atom. The number of hydrogen-bond acceptors (Lipinski definition) is 6. The molecule has 0 aliphatic carbocycles. The number of thioether (sulfide) groups is 1. The molecular weight excluding hydrogens is 174 g/mol. The second-order valence-electron chi connectivity index (χ2n) is 1.88. The van der Waals surface area contributed by atoms with Gasteiger partial charge in [0.05, 0.1) is 0 Å². The molecule has 0 aliphatic rings. The molecule has 0 aliphatic heterocycles.